The molecule has 0 aliphatic heterocycles. The molecule has 0 aliphatic carbocycles. The molecule has 14 heavy (non-hydrogen) atoms. The summed E-state index contributed by atoms with van der Waals surface area (Å²) in [6.45, 7) is 1.93. The van der Waals surface area contributed by atoms with Gasteiger partial charge in [-0.1, -0.05) is 0 Å². The second-order valence-electron chi connectivity index (χ2n) is 3.58. The normalized spacial score (nSPS) is 15.4. The Morgan fingerprint density at radius 1 is 1.71 bits per heavy atom. The predicted molar refractivity (Wildman–Crippen MR) is 58.2 cm³/mol. The third-order valence-corrected chi connectivity index (χ3v) is 3.23. The van der Waals surface area contributed by atoms with Gasteiger partial charge >= 0.3 is 0 Å². The van der Waals surface area contributed by atoms with E-state index in [0.29, 0.717) is 11.5 Å². The molecule has 2 atom stereocenters. The average molecular weight is 215 g/mol. The zero-order chi connectivity index (χ0) is 10.6. The Bertz CT molecular complexity index is 309. The first kappa shape index (κ1) is 11.4. The number of hydrogen-bond acceptors (Lipinski definition) is 3. The quantitative estimate of drug-likeness (QED) is 0.773. The summed E-state index contributed by atoms with van der Waals surface area (Å²) >= 11 is 0. The topological polar surface area (TPSA) is 60.9 Å². The molecular weight excluding hydrogens is 198 g/mol. The average Bonchev–Trinajstić information content (AvgIpc) is 2.48. The van der Waals surface area contributed by atoms with Gasteiger partial charge < -0.3 is 5.73 Å². The molecule has 0 saturated heterocycles. The van der Waals surface area contributed by atoms with Gasteiger partial charge in [-0.2, -0.15) is 5.10 Å². The number of nitrogens with zero attached hydrogens (tertiary/aromatic N) is 2. The second-order valence-corrected chi connectivity index (χ2v) is 5.15. The highest BCUT2D eigenvalue weighted by molar-refractivity contribution is 7.84. The number of nitrogens with two attached hydrogens (primary N) is 1. The van der Waals surface area contributed by atoms with Crippen LogP contribution in [0.2, 0.25) is 0 Å². The van der Waals surface area contributed by atoms with Crippen LogP contribution >= 0.6 is 0 Å². The molecule has 2 N–H and O–H groups in total. The molecule has 0 saturated carbocycles. The lowest BCUT2D eigenvalue weighted by atomic mass is 10.3. The number of hydrogen-bond donors (Lipinski definition) is 1. The van der Waals surface area contributed by atoms with Gasteiger partial charge in [-0.3, -0.25) is 8.89 Å². The first-order valence-corrected chi connectivity index (χ1v) is 6.15. The van der Waals surface area contributed by atoms with Gasteiger partial charge in [0.05, 0.1) is 11.9 Å². The van der Waals surface area contributed by atoms with Crippen LogP contribution in [-0.4, -0.2) is 25.8 Å². The highest BCUT2D eigenvalue weighted by atomic mass is 32.2. The van der Waals surface area contributed by atoms with Crippen LogP contribution in [-0.2, 0) is 23.6 Å². The lowest BCUT2D eigenvalue weighted by Crippen LogP contribution is -2.18. The van der Waals surface area contributed by atoms with Crippen LogP contribution in [0, 0.1) is 0 Å². The van der Waals surface area contributed by atoms with Crippen molar-refractivity contribution in [3.63, 3.8) is 0 Å². The summed E-state index contributed by atoms with van der Waals surface area (Å²) in [5.74, 6) is 1.26. The molecule has 0 spiro atoms. The largest absolute Gasteiger partial charge is 0.328 e. The third kappa shape index (κ3) is 4.02. The monoisotopic (exact) mass is 215 g/mol. The second kappa shape index (κ2) is 5.26. The minimum atomic E-state index is -0.812. The number of aromatic nitrogens is 2. The Morgan fingerprint density at radius 3 is 2.93 bits per heavy atom. The standard InChI is InChI=1S/C9H17N3OS/c1-8(10)3-4-14(13)7-9-5-11-12(2)6-9/h5-6,8H,3-4,7,10H2,1-2H3. The molecule has 0 aliphatic rings. The molecule has 4 nitrogen and oxygen atoms in total. The minimum absolute atomic E-state index is 0.132. The molecule has 80 valence electrons. The van der Waals surface area contributed by atoms with Crippen molar-refractivity contribution in [1.29, 1.82) is 0 Å². The minimum Gasteiger partial charge on any atom is -0.328 e. The van der Waals surface area contributed by atoms with E-state index in [1.54, 1.807) is 10.9 Å². The van der Waals surface area contributed by atoms with E-state index in [-0.39, 0.29) is 6.04 Å². The highest BCUT2D eigenvalue weighted by Gasteiger charge is 2.04. The third-order valence-electron chi connectivity index (χ3n) is 1.89. The molecule has 0 radical (unpaired) electrons. The number of aryl methyl sites for hydroxylation is 1. The van der Waals surface area contributed by atoms with Crippen molar-refractivity contribution in [2.24, 2.45) is 12.8 Å². The summed E-state index contributed by atoms with van der Waals surface area (Å²) in [5, 5.41) is 4.02. The molecule has 0 amide bonds. The summed E-state index contributed by atoms with van der Waals surface area (Å²) in [7, 11) is 1.04. The van der Waals surface area contributed by atoms with E-state index in [9.17, 15) is 4.21 Å². The predicted octanol–water partition coefficient (Wildman–Crippen LogP) is 0.406. The van der Waals surface area contributed by atoms with Gasteiger partial charge in [0.1, 0.15) is 0 Å². The van der Waals surface area contributed by atoms with Gasteiger partial charge in [-0.25, -0.2) is 0 Å². The Kier molecular flexibility index (Phi) is 4.28. The zero-order valence-electron chi connectivity index (χ0n) is 8.64. The van der Waals surface area contributed by atoms with Crippen molar-refractivity contribution >= 4 is 10.8 Å². The summed E-state index contributed by atoms with van der Waals surface area (Å²) in [6.07, 6.45) is 4.46. The molecule has 1 aromatic rings. The molecule has 0 fully saturated rings. The van der Waals surface area contributed by atoms with Crippen molar-refractivity contribution in [1.82, 2.24) is 9.78 Å². The fraction of sp³-hybridized carbons (Fsp3) is 0.667. The first-order valence-electron chi connectivity index (χ1n) is 4.66. The summed E-state index contributed by atoms with van der Waals surface area (Å²) < 4.78 is 13.3. The molecule has 1 heterocycles. The van der Waals surface area contributed by atoms with Crippen molar-refractivity contribution in [3.05, 3.63) is 18.0 Å². The van der Waals surface area contributed by atoms with Crippen molar-refractivity contribution in [2.75, 3.05) is 5.75 Å². The Hall–Kier alpha value is -0.680. The van der Waals surface area contributed by atoms with Crippen molar-refractivity contribution in [2.45, 2.75) is 25.1 Å². The maximum atomic E-state index is 11.5. The van der Waals surface area contributed by atoms with Crippen LogP contribution in [0.25, 0.3) is 0 Å². The van der Waals surface area contributed by atoms with Crippen LogP contribution in [0.15, 0.2) is 12.4 Å². The van der Waals surface area contributed by atoms with Crippen LogP contribution < -0.4 is 5.73 Å². The van der Waals surface area contributed by atoms with Gasteiger partial charge in [-0.15, -0.1) is 0 Å². The van der Waals surface area contributed by atoms with Crippen LogP contribution in [0.4, 0.5) is 0 Å². The molecule has 0 aromatic carbocycles. The van der Waals surface area contributed by atoms with Crippen molar-refractivity contribution in [3.8, 4) is 0 Å². The molecule has 1 aromatic heterocycles. The first-order chi connectivity index (χ1) is 6.58. The molecule has 2 unspecified atom stereocenters. The van der Waals surface area contributed by atoms with E-state index >= 15 is 0 Å². The maximum absolute atomic E-state index is 11.5. The summed E-state index contributed by atoms with van der Waals surface area (Å²) in [4.78, 5) is 0. The highest BCUT2D eigenvalue weighted by Crippen LogP contribution is 2.03. The van der Waals surface area contributed by atoms with Gasteiger partial charge in [0.2, 0.25) is 0 Å². The molecule has 0 bridgehead atoms. The van der Waals surface area contributed by atoms with Gasteiger partial charge in [0.15, 0.2) is 0 Å². The zero-order valence-corrected chi connectivity index (χ0v) is 9.46. The van der Waals surface area contributed by atoms with Crippen LogP contribution in [0.5, 0.6) is 0 Å². The van der Waals surface area contributed by atoms with Gasteiger partial charge in [0.25, 0.3) is 0 Å². The lowest BCUT2D eigenvalue weighted by molar-refractivity contribution is 0.667. The number of rotatable bonds is 5. The summed E-state index contributed by atoms with van der Waals surface area (Å²) in [6, 6.07) is 0.132. The fourth-order valence-electron chi connectivity index (χ4n) is 1.12. The summed E-state index contributed by atoms with van der Waals surface area (Å²) in [5.41, 5.74) is 6.61. The fourth-order valence-corrected chi connectivity index (χ4v) is 2.42. The van der Waals surface area contributed by atoms with E-state index in [1.165, 1.54) is 0 Å². The lowest BCUT2D eigenvalue weighted by Gasteiger charge is -2.03. The van der Waals surface area contributed by atoms with E-state index in [4.69, 9.17) is 5.73 Å². The van der Waals surface area contributed by atoms with Crippen molar-refractivity contribution < 1.29 is 4.21 Å². The Morgan fingerprint density at radius 2 is 2.43 bits per heavy atom. The van der Waals surface area contributed by atoms with E-state index in [0.717, 1.165) is 12.0 Å². The SMILES string of the molecule is CC(N)CCS(=O)Cc1cnn(C)c1. The van der Waals surface area contributed by atoms with Crippen LogP contribution in [0.3, 0.4) is 0 Å². The molecule has 5 heteroatoms. The Labute approximate surface area is 86.9 Å². The maximum Gasteiger partial charge on any atom is 0.0531 e. The molecular formula is C9H17N3OS. The smallest absolute Gasteiger partial charge is 0.0531 e. The van der Waals surface area contributed by atoms with E-state index in [1.807, 2.05) is 20.2 Å². The van der Waals surface area contributed by atoms with E-state index < -0.39 is 10.8 Å². The van der Waals surface area contributed by atoms with Crippen LogP contribution in [0.1, 0.15) is 18.9 Å². The van der Waals surface area contributed by atoms with Gasteiger partial charge in [0, 0.05) is 41.4 Å². The molecule has 1 rings (SSSR count). The van der Waals surface area contributed by atoms with E-state index in [2.05, 4.69) is 5.10 Å². The van der Waals surface area contributed by atoms with Gasteiger partial charge in [-0.05, 0) is 13.3 Å². The Balaban J connectivity index is 2.34.